The van der Waals surface area contributed by atoms with Crippen molar-refractivity contribution in [1.82, 2.24) is 9.97 Å². The van der Waals surface area contributed by atoms with Gasteiger partial charge in [0.05, 0.1) is 6.20 Å². The van der Waals surface area contributed by atoms with Gasteiger partial charge in [0, 0.05) is 0 Å². The first-order valence-corrected chi connectivity index (χ1v) is 4.80. The number of pyridine rings is 2. The Kier molecular flexibility index (Phi) is 2.82. The van der Waals surface area contributed by atoms with E-state index >= 15 is 0 Å². The third-order valence-corrected chi connectivity index (χ3v) is 1.97. The molecule has 0 aromatic carbocycles. The van der Waals surface area contributed by atoms with Gasteiger partial charge in [0.2, 0.25) is 0 Å². The summed E-state index contributed by atoms with van der Waals surface area (Å²) >= 11 is 0. The molecule has 0 spiro atoms. The van der Waals surface area contributed by atoms with E-state index in [1.165, 1.54) is 6.20 Å². The molecule has 0 fully saturated rings. The first kappa shape index (κ1) is 10.8. The molecule has 0 saturated heterocycles. The highest BCUT2D eigenvalue weighted by atomic mass is 15.1. The summed E-state index contributed by atoms with van der Waals surface area (Å²) in [6.45, 7) is 0. The van der Waals surface area contributed by atoms with Gasteiger partial charge in [0.15, 0.2) is 5.82 Å². The topological polar surface area (TPSA) is 129 Å². The molecular formula is C10H11N7. The van der Waals surface area contributed by atoms with Crippen molar-refractivity contribution >= 4 is 28.8 Å². The molecule has 7 nitrogen and oxygen atoms in total. The first-order chi connectivity index (χ1) is 8.15. The second-order valence-corrected chi connectivity index (χ2v) is 3.28. The molecule has 86 valence electrons. The summed E-state index contributed by atoms with van der Waals surface area (Å²) in [4.78, 5) is 7.75. The van der Waals surface area contributed by atoms with Crippen LogP contribution in [0.3, 0.4) is 0 Å². The third-order valence-electron chi connectivity index (χ3n) is 1.97. The highest BCUT2D eigenvalue weighted by molar-refractivity contribution is 5.60. The molecule has 0 radical (unpaired) electrons. The fourth-order valence-electron chi connectivity index (χ4n) is 1.14. The predicted molar refractivity (Wildman–Crippen MR) is 65.9 cm³/mol. The molecule has 0 aliphatic heterocycles. The van der Waals surface area contributed by atoms with E-state index in [0.29, 0.717) is 23.0 Å². The van der Waals surface area contributed by atoms with Crippen LogP contribution in [0.25, 0.3) is 0 Å². The van der Waals surface area contributed by atoms with Crippen molar-refractivity contribution in [3.05, 3.63) is 30.5 Å². The summed E-state index contributed by atoms with van der Waals surface area (Å²) in [5.41, 5.74) is 17.6. The molecule has 17 heavy (non-hydrogen) atoms. The molecule has 2 heterocycles. The number of rotatable bonds is 2. The van der Waals surface area contributed by atoms with Gasteiger partial charge in [-0.2, -0.15) is 0 Å². The van der Waals surface area contributed by atoms with Gasteiger partial charge < -0.3 is 17.2 Å². The summed E-state index contributed by atoms with van der Waals surface area (Å²) < 4.78 is 0. The van der Waals surface area contributed by atoms with E-state index in [1.807, 2.05) is 0 Å². The van der Waals surface area contributed by atoms with E-state index in [2.05, 4.69) is 20.2 Å². The van der Waals surface area contributed by atoms with Crippen LogP contribution < -0.4 is 17.2 Å². The molecule has 2 aromatic rings. The predicted octanol–water partition coefficient (Wildman–Crippen LogP) is 1.64. The molecule has 0 atom stereocenters. The minimum atomic E-state index is 0.233. The standard InChI is InChI=1S/C10H11N7/c11-8-3-1-6(5-14-8)16-17-7-2-4-9(12)15-10(7)13/h1-5H,(H2,11,14)(H4,12,13,15). The Morgan fingerprint density at radius 2 is 1.65 bits per heavy atom. The number of nitrogens with two attached hydrogens (primary N) is 3. The van der Waals surface area contributed by atoms with Gasteiger partial charge in [-0.15, -0.1) is 10.2 Å². The molecule has 0 amide bonds. The van der Waals surface area contributed by atoms with Gasteiger partial charge in [0.25, 0.3) is 0 Å². The average Bonchev–Trinajstić information content (AvgIpc) is 2.30. The Morgan fingerprint density at radius 1 is 0.882 bits per heavy atom. The fraction of sp³-hybridized carbons (Fsp3) is 0. The average molecular weight is 229 g/mol. The Morgan fingerprint density at radius 3 is 2.29 bits per heavy atom. The lowest BCUT2D eigenvalue weighted by Gasteiger charge is -1.98. The molecule has 0 aliphatic carbocycles. The van der Waals surface area contributed by atoms with E-state index in [9.17, 15) is 0 Å². The van der Waals surface area contributed by atoms with Crippen molar-refractivity contribution in [1.29, 1.82) is 0 Å². The number of hydrogen-bond acceptors (Lipinski definition) is 7. The van der Waals surface area contributed by atoms with Gasteiger partial charge in [-0.3, -0.25) is 0 Å². The highest BCUT2D eigenvalue weighted by Gasteiger charge is 1.99. The molecule has 0 unspecified atom stereocenters. The van der Waals surface area contributed by atoms with Crippen LogP contribution in [0.4, 0.5) is 28.8 Å². The van der Waals surface area contributed by atoms with Crippen LogP contribution >= 0.6 is 0 Å². The quantitative estimate of drug-likeness (QED) is 0.674. The van der Waals surface area contributed by atoms with Crippen LogP contribution in [0.5, 0.6) is 0 Å². The third kappa shape index (κ3) is 2.65. The first-order valence-electron chi connectivity index (χ1n) is 4.80. The van der Waals surface area contributed by atoms with Crippen LogP contribution in [0.15, 0.2) is 40.7 Å². The largest absolute Gasteiger partial charge is 0.384 e. The van der Waals surface area contributed by atoms with Gasteiger partial charge >= 0.3 is 0 Å². The smallest absolute Gasteiger partial charge is 0.153 e. The lowest BCUT2D eigenvalue weighted by molar-refractivity contribution is 1.19. The summed E-state index contributed by atoms with van der Waals surface area (Å²) in [7, 11) is 0. The molecule has 2 rings (SSSR count). The van der Waals surface area contributed by atoms with E-state index in [-0.39, 0.29) is 5.82 Å². The molecule has 6 N–H and O–H groups in total. The SMILES string of the molecule is Nc1ccc(N=Nc2ccc(N)nc2N)cn1. The molecule has 0 aliphatic rings. The maximum atomic E-state index is 5.63. The van der Waals surface area contributed by atoms with Crippen molar-refractivity contribution in [2.75, 3.05) is 17.2 Å². The lowest BCUT2D eigenvalue weighted by Crippen LogP contribution is -1.95. The van der Waals surface area contributed by atoms with Crippen molar-refractivity contribution in [3.63, 3.8) is 0 Å². The van der Waals surface area contributed by atoms with Crippen molar-refractivity contribution in [3.8, 4) is 0 Å². The zero-order valence-corrected chi connectivity index (χ0v) is 8.91. The van der Waals surface area contributed by atoms with E-state index in [4.69, 9.17) is 17.2 Å². The van der Waals surface area contributed by atoms with Crippen molar-refractivity contribution in [2.24, 2.45) is 10.2 Å². The van der Waals surface area contributed by atoms with Crippen LogP contribution in [0.1, 0.15) is 0 Å². The Hall–Kier alpha value is -2.70. The van der Waals surface area contributed by atoms with E-state index in [1.54, 1.807) is 24.3 Å². The summed E-state index contributed by atoms with van der Waals surface area (Å²) in [6, 6.07) is 6.59. The normalized spacial score (nSPS) is 10.8. The molecule has 0 bridgehead atoms. The van der Waals surface area contributed by atoms with Crippen LogP contribution in [0.2, 0.25) is 0 Å². The Balaban J connectivity index is 2.23. The fourth-order valence-corrected chi connectivity index (χ4v) is 1.14. The number of nitrogens with zero attached hydrogens (tertiary/aromatic N) is 4. The van der Waals surface area contributed by atoms with Crippen LogP contribution in [-0.4, -0.2) is 9.97 Å². The van der Waals surface area contributed by atoms with E-state index < -0.39 is 0 Å². The van der Waals surface area contributed by atoms with Crippen molar-refractivity contribution in [2.45, 2.75) is 0 Å². The second kappa shape index (κ2) is 4.44. The summed E-state index contributed by atoms with van der Waals surface area (Å²) in [6.07, 6.45) is 1.51. The van der Waals surface area contributed by atoms with Gasteiger partial charge in [0.1, 0.15) is 23.0 Å². The maximum absolute atomic E-state index is 5.63. The number of nitrogen functional groups attached to an aromatic ring is 3. The Bertz CT molecular complexity index is 547. The molecular weight excluding hydrogens is 218 g/mol. The zero-order chi connectivity index (χ0) is 12.3. The van der Waals surface area contributed by atoms with Crippen LogP contribution in [0, 0.1) is 0 Å². The van der Waals surface area contributed by atoms with Crippen LogP contribution in [-0.2, 0) is 0 Å². The number of hydrogen-bond donors (Lipinski definition) is 3. The highest BCUT2D eigenvalue weighted by Crippen LogP contribution is 2.23. The summed E-state index contributed by atoms with van der Waals surface area (Å²) in [5.74, 6) is 1.00. The van der Waals surface area contributed by atoms with Gasteiger partial charge in [-0.05, 0) is 24.3 Å². The molecule has 2 aromatic heterocycles. The number of azo groups is 1. The minimum absolute atomic E-state index is 0.233. The monoisotopic (exact) mass is 229 g/mol. The maximum Gasteiger partial charge on any atom is 0.153 e. The molecule has 7 heteroatoms. The van der Waals surface area contributed by atoms with Gasteiger partial charge in [-0.1, -0.05) is 0 Å². The minimum Gasteiger partial charge on any atom is -0.384 e. The Labute approximate surface area is 97.4 Å². The second-order valence-electron chi connectivity index (χ2n) is 3.28. The number of anilines is 3. The summed E-state index contributed by atoms with van der Waals surface area (Å²) in [5, 5.41) is 7.90. The van der Waals surface area contributed by atoms with Crippen molar-refractivity contribution < 1.29 is 0 Å². The van der Waals surface area contributed by atoms with E-state index in [0.717, 1.165) is 0 Å². The molecule has 0 saturated carbocycles. The zero-order valence-electron chi connectivity index (χ0n) is 8.91. The lowest BCUT2D eigenvalue weighted by atomic mass is 10.4. The van der Waals surface area contributed by atoms with Gasteiger partial charge in [-0.25, -0.2) is 9.97 Å². The number of aromatic nitrogens is 2.